The molecule has 1 saturated carbocycles. The Morgan fingerprint density at radius 2 is 2.00 bits per heavy atom. The molecule has 0 saturated heterocycles. The van der Waals surface area contributed by atoms with Crippen LogP contribution in [0.3, 0.4) is 0 Å². The summed E-state index contributed by atoms with van der Waals surface area (Å²) < 4.78 is 6.85. The molecule has 0 bridgehead atoms. The highest BCUT2D eigenvalue weighted by Crippen LogP contribution is 2.30. The van der Waals surface area contributed by atoms with Gasteiger partial charge in [0.25, 0.3) is 0 Å². The molecule has 0 radical (unpaired) electrons. The quantitative estimate of drug-likeness (QED) is 0.775. The van der Waals surface area contributed by atoms with E-state index in [1.54, 1.807) is 11.2 Å². The van der Waals surface area contributed by atoms with Crippen molar-refractivity contribution in [2.45, 2.75) is 51.1 Å². The summed E-state index contributed by atoms with van der Waals surface area (Å²) >= 11 is 0. The molecule has 0 aromatic carbocycles. The number of nitrogens with zero attached hydrogens (tertiary/aromatic N) is 3. The third-order valence-corrected chi connectivity index (χ3v) is 4.94. The monoisotopic (exact) mass is 305 g/mol. The lowest BCUT2D eigenvalue weighted by Crippen LogP contribution is -2.51. The third-order valence-electron chi connectivity index (χ3n) is 4.94. The zero-order valence-corrected chi connectivity index (χ0v) is 13.2. The van der Waals surface area contributed by atoms with E-state index in [1.807, 2.05) is 11.6 Å². The van der Waals surface area contributed by atoms with Gasteiger partial charge in [-0.2, -0.15) is 0 Å². The van der Waals surface area contributed by atoms with Gasteiger partial charge >= 0.3 is 5.97 Å². The van der Waals surface area contributed by atoms with Crippen molar-refractivity contribution in [1.82, 2.24) is 14.5 Å². The summed E-state index contributed by atoms with van der Waals surface area (Å²) in [7, 11) is 3.30. The number of hydrogen-bond acceptors (Lipinski definition) is 4. The van der Waals surface area contributed by atoms with Crippen LogP contribution in [0.25, 0.3) is 0 Å². The average molecular weight is 305 g/mol. The molecule has 1 aromatic rings. The molecule has 1 aromatic heterocycles. The molecule has 2 heterocycles. The summed E-state index contributed by atoms with van der Waals surface area (Å²) in [4.78, 5) is 31.1. The largest absolute Gasteiger partial charge is 0.467 e. The number of aromatic nitrogens is 2. The lowest BCUT2D eigenvalue weighted by atomic mass is 9.87. The number of methoxy groups -OCH3 is 1. The van der Waals surface area contributed by atoms with Crippen molar-refractivity contribution in [2.75, 3.05) is 7.11 Å². The molecule has 1 aliphatic carbocycles. The van der Waals surface area contributed by atoms with Crippen LogP contribution in [0.1, 0.15) is 43.5 Å². The van der Waals surface area contributed by atoms with Crippen LogP contribution in [0.15, 0.2) is 6.33 Å². The van der Waals surface area contributed by atoms with Gasteiger partial charge in [-0.15, -0.1) is 0 Å². The Kier molecular flexibility index (Phi) is 4.18. The van der Waals surface area contributed by atoms with Crippen molar-refractivity contribution in [3.05, 3.63) is 17.7 Å². The van der Waals surface area contributed by atoms with E-state index in [0.717, 1.165) is 37.1 Å². The van der Waals surface area contributed by atoms with Crippen LogP contribution < -0.4 is 0 Å². The second kappa shape index (κ2) is 6.10. The number of aryl methyl sites for hydroxylation is 1. The van der Waals surface area contributed by atoms with Crippen molar-refractivity contribution in [3.63, 3.8) is 0 Å². The van der Waals surface area contributed by atoms with Crippen molar-refractivity contribution in [2.24, 2.45) is 13.0 Å². The molecule has 6 heteroatoms. The van der Waals surface area contributed by atoms with Crippen LogP contribution in [0, 0.1) is 5.92 Å². The van der Waals surface area contributed by atoms with Crippen molar-refractivity contribution in [3.8, 4) is 0 Å². The molecule has 1 unspecified atom stereocenters. The maximum Gasteiger partial charge on any atom is 0.329 e. The van der Waals surface area contributed by atoms with Gasteiger partial charge in [-0.1, -0.05) is 19.3 Å². The van der Waals surface area contributed by atoms with Crippen molar-refractivity contribution < 1.29 is 14.3 Å². The molecule has 1 aliphatic heterocycles. The fourth-order valence-electron chi connectivity index (χ4n) is 3.60. The van der Waals surface area contributed by atoms with Crippen LogP contribution in [0.5, 0.6) is 0 Å². The van der Waals surface area contributed by atoms with E-state index in [2.05, 4.69) is 4.98 Å². The molecule has 0 spiro atoms. The minimum Gasteiger partial charge on any atom is -0.467 e. The lowest BCUT2D eigenvalue weighted by Gasteiger charge is -2.36. The maximum atomic E-state index is 12.9. The molecule has 3 rings (SSSR count). The first-order valence-corrected chi connectivity index (χ1v) is 7.99. The average Bonchev–Trinajstić information content (AvgIpc) is 2.93. The number of fused-ring (bicyclic) bond motifs is 1. The summed E-state index contributed by atoms with van der Waals surface area (Å²) in [6.07, 6.45) is 7.46. The van der Waals surface area contributed by atoms with Crippen LogP contribution in [0.2, 0.25) is 0 Å². The summed E-state index contributed by atoms with van der Waals surface area (Å²) in [5.74, 6) is -0.196. The minimum atomic E-state index is -0.540. The first-order valence-electron chi connectivity index (χ1n) is 7.99. The first kappa shape index (κ1) is 15.1. The fourth-order valence-corrected chi connectivity index (χ4v) is 3.60. The Hall–Kier alpha value is -1.85. The lowest BCUT2D eigenvalue weighted by molar-refractivity contribution is -0.156. The highest BCUT2D eigenvalue weighted by molar-refractivity contribution is 5.86. The van der Waals surface area contributed by atoms with E-state index >= 15 is 0 Å². The number of imidazole rings is 1. The summed E-state index contributed by atoms with van der Waals surface area (Å²) in [5.41, 5.74) is 1.91. The molecular weight excluding hydrogens is 282 g/mol. The SMILES string of the molecule is COC(=O)C1Cc2ncn(C)c2CN1C(=O)C1CCCCC1. The summed E-state index contributed by atoms with van der Waals surface area (Å²) in [6.45, 7) is 0.445. The standard InChI is InChI=1S/C16H23N3O3/c1-18-10-17-12-8-13(16(21)22-2)19(9-14(12)18)15(20)11-6-4-3-5-7-11/h10-11,13H,3-9H2,1-2H3. The Balaban J connectivity index is 1.86. The van der Waals surface area contributed by atoms with Gasteiger partial charge in [0.05, 0.1) is 31.4 Å². The summed E-state index contributed by atoms with van der Waals surface area (Å²) in [6, 6.07) is -0.540. The van der Waals surface area contributed by atoms with Gasteiger partial charge in [0.15, 0.2) is 0 Å². The first-order chi connectivity index (χ1) is 10.6. The van der Waals surface area contributed by atoms with E-state index in [4.69, 9.17) is 4.74 Å². The number of carbonyl (C=O) groups is 2. The van der Waals surface area contributed by atoms with Gasteiger partial charge in [-0.25, -0.2) is 9.78 Å². The smallest absolute Gasteiger partial charge is 0.329 e. The minimum absolute atomic E-state index is 0.0516. The zero-order chi connectivity index (χ0) is 15.7. The van der Waals surface area contributed by atoms with E-state index in [9.17, 15) is 9.59 Å². The van der Waals surface area contributed by atoms with Crippen LogP contribution in [-0.4, -0.2) is 39.5 Å². The van der Waals surface area contributed by atoms with Crippen LogP contribution in [-0.2, 0) is 34.3 Å². The van der Waals surface area contributed by atoms with Gasteiger partial charge in [-0.05, 0) is 12.8 Å². The highest BCUT2D eigenvalue weighted by Gasteiger charge is 2.39. The maximum absolute atomic E-state index is 12.9. The van der Waals surface area contributed by atoms with E-state index in [1.165, 1.54) is 13.5 Å². The van der Waals surface area contributed by atoms with E-state index in [0.29, 0.717) is 13.0 Å². The number of esters is 1. The molecular formula is C16H23N3O3. The normalized spacial score (nSPS) is 22.3. The van der Waals surface area contributed by atoms with E-state index in [-0.39, 0.29) is 17.8 Å². The predicted molar refractivity (Wildman–Crippen MR) is 79.8 cm³/mol. The fraction of sp³-hybridized carbons (Fsp3) is 0.688. The molecule has 1 atom stereocenters. The molecule has 1 amide bonds. The Labute approximate surface area is 130 Å². The number of hydrogen-bond donors (Lipinski definition) is 0. The number of carbonyl (C=O) groups excluding carboxylic acids is 2. The predicted octanol–water partition coefficient (Wildman–Crippen LogP) is 1.43. The van der Waals surface area contributed by atoms with Gasteiger partial charge < -0.3 is 14.2 Å². The van der Waals surface area contributed by atoms with Gasteiger partial charge in [0.1, 0.15) is 6.04 Å². The van der Waals surface area contributed by atoms with Crippen LogP contribution >= 0.6 is 0 Å². The number of amides is 1. The number of ether oxygens (including phenoxy) is 1. The molecule has 0 N–H and O–H groups in total. The molecule has 1 fully saturated rings. The third kappa shape index (κ3) is 2.62. The Morgan fingerprint density at radius 3 is 2.68 bits per heavy atom. The van der Waals surface area contributed by atoms with Gasteiger partial charge in [-0.3, -0.25) is 4.79 Å². The topological polar surface area (TPSA) is 64.4 Å². The van der Waals surface area contributed by atoms with E-state index < -0.39 is 6.04 Å². The number of rotatable bonds is 2. The molecule has 22 heavy (non-hydrogen) atoms. The van der Waals surface area contributed by atoms with Crippen LogP contribution in [0.4, 0.5) is 0 Å². The second-order valence-corrected chi connectivity index (χ2v) is 6.29. The summed E-state index contributed by atoms with van der Waals surface area (Å²) in [5, 5.41) is 0. The molecule has 2 aliphatic rings. The highest BCUT2D eigenvalue weighted by atomic mass is 16.5. The van der Waals surface area contributed by atoms with Gasteiger partial charge in [0.2, 0.25) is 5.91 Å². The molecule has 6 nitrogen and oxygen atoms in total. The second-order valence-electron chi connectivity index (χ2n) is 6.29. The molecule has 120 valence electrons. The zero-order valence-electron chi connectivity index (χ0n) is 13.2. The van der Waals surface area contributed by atoms with Gasteiger partial charge in [0, 0.05) is 19.4 Å². The Bertz CT molecular complexity index is 575. The van der Waals surface area contributed by atoms with Crippen molar-refractivity contribution in [1.29, 1.82) is 0 Å². The van der Waals surface area contributed by atoms with Crippen molar-refractivity contribution >= 4 is 11.9 Å². The Morgan fingerprint density at radius 1 is 1.27 bits per heavy atom.